The number of rotatable bonds is 8. The summed E-state index contributed by atoms with van der Waals surface area (Å²) >= 11 is 0.948. The Kier molecular flexibility index (Phi) is 7.86. The van der Waals surface area contributed by atoms with Gasteiger partial charge in [0.05, 0.1) is 6.54 Å². The number of anilines is 1. The van der Waals surface area contributed by atoms with Gasteiger partial charge in [-0.3, -0.25) is 24.2 Å². The van der Waals surface area contributed by atoms with E-state index in [-0.39, 0.29) is 23.8 Å². The fourth-order valence-electron chi connectivity index (χ4n) is 2.97. The Balaban J connectivity index is 1.61. The van der Waals surface area contributed by atoms with Crippen molar-refractivity contribution in [1.82, 2.24) is 29.5 Å². The minimum Gasteiger partial charge on any atom is -0.478 e. The van der Waals surface area contributed by atoms with E-state index in [9.17, 15) is 42.3 Å². The van der Waals surface area contributed by atoms with Gasteiger partial charge in [0.25, 0.3) is 11.8 Å². The van der Waals surface area contributed by atoms with Crippen molar-refractivity contribution in [1.29, 1.82) is 0 Å². The number of hydrogen-bond donors (Lipinski definition) is 5. The average molecular weight is 575 g/mol. The first kappa shape index (κ1) is 28.2. The fraction of sp³-hybridized carbons (Fsp3) is 0.444. The molecule has 0 spiro atoms. The minimum atomic E-state index is -4.78. The third-order valence-corrected chi connectivity index (χ3v) is 6.66. The molecule has 0 radical (unpaired) electrons. The third-order valence-electron chi connectivity index (χ3n) is 5.10. The lowest BCUT2D eigenvalue weighted by Crippen LogP contribution is -2.68. The Morgan fingerprint density at radius 1 is 1.21 bits per heavy atom. The molecule has 0 bridgehead atoms. The number of β-lactam (4-membered cyclic amide) rings is 1. The molecule has 3 rings (SSSR count). The molecule has 7 amide bonds. The van der Waals surface area contributed by atoms with Crippen LogP contribution in [0.15, 0.2) is 10.5 Å². The van der Waals surface area contributed by atoms with E-state index < -0.39 is 69.9 Å². The maximum atomic E-state index is 12.8. The predicted molar refractivity (Wildman–Crippen MR) is 126 cm³/mol. The molecule has 1 aromatic rings. The number of aromatic nitrogens is 1. The summed E-state index contributed by atoms with van der Waals surface area (Å²) in [6, 6.07) is -3.96. The standard InChI is InChI=1S/C18H22N8O10S2/c1-18(2,14(30)31)36-22-11(9-7-37-15(19)21-9)12(28)20-8-6-26(13(8)29)17(33)24-38(34,35)23-16(32)25-5-3-4-10(25)27/h7-8H,3-6H2,1-2H3,(H2,19,21)(H,20,28)(H,23,32)(H,24,33)(H,30,31)/t8-/m0/s1. The summed E-state index contributed by atoms with van der Waals surface area (Å²) < 4.78 is 27.1. The summed E-state index contributed by atoms with van der Waals surface area (Å²) in [6.07, 6.45) is 0.431. The maximum absolute atomic E-state index is 12.8. The molecular weight excluding hydrogens is 552 g/mol. The van der Waals surface area contributed by atoms with Crippen LogP contribution in [0.5, 0.6) is 0 Å². The number of aliphatic carboxylic acids is 1. The third kappa shape index (κ3) is 6.32. The number of amides is 7. The number of imide groups is 2. The van der Waals surface area contributed by atoms with Crippen molar-refractivity contribution in [3.8, 4) is 0 Å². The van der Waals surface area contributed by atoms with Crippen molar-refractivity contribution in [3.63, 3.8) is 0 Å². The Morgan fingerprint density at radius 2 is 1.84 bits per heavy atom. The van der Waals surface area contributed by atoms with E-state index in [2.05, 4.69) is 15.5 Å². The van der Waals surface area contributed by atoms with Crippen molar-refractivity contribution in [2.24, 2.45) is 5.16 Å². The molecule has 2 saturated heterocycles. The Hall–Kier alpha value is -4.33. The van der Waals surface area contributed by atoms with Gasteiger partial charge in [-0.2, -0.15) is 8.42 Å². The summed E-state index contributed by atoms with van der Waals surface area (Å²) in [6.45, 7) is 1.90. The van der Waals surface area contributed by atoms with Crippen LogP contribution < -0.4 is 20.5 Å². The topological polar surface area (TPSA) is 260 Å². The molecule has 206 valence electrons. The Bertz CT molecular complexity index is 1340. The SMILES string of the molecule is CC(C)(ON=C(C(=O)N[C@H]1CN(C(=O)NS(=O)(=O)NC(=O)N2CCCC2=O)C1=O)c1csc(N)n1)C(=O)O. The number of carbonyl (C=O) groups is 6. The van der Waals surface area contributed by atoms with Crippen LogP contribution in [0, 0.1) is 0 Å². The number of likely N-dealkylation sites (tertiary alicyclic amines) is 2. The van der Waals surface area contributed by atoms with Gasteiger partial charge in [-0.25, -0.2) is 28.8 Å². The van der Waals surface area contributed by atoms with E-state index in [0.717, 1.165) is 11.3 Å². The lowest BCUT2D eigenvalue weighted by Gasteiger charge is -2.36. The first-order valence-electron chi connectivity index (χ1n) is 10.6. The maximum Gasteiger partial charge on any atom is 0.350 e. The molecular formula is C18H22N8O10S2. The van der Waals surface area contributed by atoms with Crippen molar-refractivity contribution < 1.29 is 47.1 Å². The quantitative estimate of drug-likeness (QED) is 0.127. The second-order valence-electron chi connectivity index (χ2n) is 8.36. The number of hydrogen-bond acceptors (Lipinski definition) is 13. The normalized spacial score (nSPS) is 18.1. The van der Waals surface area contributed by atoms with Crippen molar-refractivity contribution in [2.75, 3.05) is 18.8 Å². The molecule has 0 unspecified atom stereocenters. The van der Waals surface area contributed by atoms with Crippen LogP contribution in [0.25, 0.3) is 0 Å². The summed E-state index contributed by atoms with van der Waals surface area (Å²) in [7, 11) is -4.78. The highest BCUT2D eigenvalue weighted by molar-refractivity contribution is 7.88. The zero-order chi connectivity index (χ0) is 28.4. The zero-order valence-corrected chi connectivity index (χ0v) is 21.4. The number of oxime groups is 1. The van der Waals surface area contributed by atoms with E-state index in [1.54, 1.807) is 0 Å². The van der Waals surface area contributed by atoms with Gasteiger partial charge in [0.15, 0.2) is 10.8 Å². The highest BCUT2D eigenvalue weighted by Gasteiger charge is 2.44. The van der Waals surface area contributed by atoms with Gasteiger partial charge in [-0.05, 0) is 20.3 Å². The molecule has 38 heavy (non-hydrogen) atoms. The fourth-order valence-corrected chi connectivity index (χ4v) is 4.25. The number of urea groups is 2. The van der Waals surface area contributed by atoms with Gasteiger partial charge >= 0.3 is 28.2 Å². The highest BCUT2D eigenvalue weighted by Crippen LogP contribution is 2.17. The average Bonchev–Trinajstić information content (AvgIpc) is 3.43. The molecule has 2 aliphatic rings. The van der Waals surface area contributed by atoms with E-state index in [1.165, 1.54) is 28.7 Å². The van der Waals surface area contributed by atoms with Crippen LogP contribution in [0.2, 0.25) is 0 Å². The summed E-state index contributed by atoms with van der Waals surface area (Å²) in [4.78, 5) is 82.1. The molecule has 0 saturated carbocycles. The molecule has 2 aliphatic heterocycles. The monoisotopic (exact) mass is 574 g/mol. The van der Waals surface area contributed by atoms with Gasteiger partial charge < -0.3 is 21.0 Å². The molecule has 0 aromatic carbocycles. The van der Waals surface area contributed by atoms with Gasteiger partial charge in [0.1, 0.15) is 11.7 Å². The number of nitrogen functional groups attached to an aromatic ring is 1. The number of carbonyl (C=O) groups excluding carboxylic acids is 5. The van der Waals surface area contributed by atoms with Crippen LogP contribution in [-0.2, 0) is 34.2 Å². The van der Waals surface area contributed by atoms with Crippen LogP contribution in [0.3, 0.4) is 0 Å². The zero-order valence-electron chi connectivity index (χ0n) is 19.8. The molecule has 1 atom stereocenters. The van der Waals surface area contributed by atoms with Crippen LogP contribution in [-0.4, -0.2) is 94.5 Å². The van der Waals surface area contributed by atoms with Crippen molar-refractivity contribution in [3.05, 3.63) is 11.1 Å². The minimum absolute atomic E-state index is 0.0117. The first-order valence-corrected chi connectivity index (χ1v) is 13.0. The lowest BCUT2D eigenvalue weighted by molar-refractivity contribution is -0.161. The molecule has 1 aromatic heterocycles. The van der Waals surface area contributed by atoms with E-state index >= 15 is 0 Å². The van der Waals surface area contributed by atoms with Crippen LogP contribution >= 0.6 is 11.3 Å². The Morgan fingerprint density at radius 3 is 2.34 bits per heavy atom. The van der Waals surface area contributed by atoms with Gasteiger partial charge in [-0.15, -0.1) is 11.3 Å². The highest BCUT2D eigenvalue weighted by atomic mass is 32.2. The van der Waals surface area contributed by atoms with Gasteiger partial charge in [0.2, 0.25) is 11.5 Å². The summed E-state index contributed by atoms with van der Waals surface area (Å²) in [5, 5.41) is 16.4. The predicted octanol–water partition coefficient (Wildman–Crippen LogP) is -2.08. The first-order chi connectivity index (χ1) is 17.6. The second-order valence-corrected chi connectivity index (χ2v) is 10.7. The second kappa shape index (κ2) is 10.6. The molecule has 3 heterocycles. The number of nitrogens with zero attached hydrogens (tertiary/aromatic N) is 4. The smallest absolute Gasteiger partial charge is 0.350 e. The lowest BCUT2D eigenvalue weighted by atomic mass is 10.1. The van der Waals surface area contributed by atoms with Crippen LogP contribution in [0.4, 0.5) is 14.7 Å². The molecule has 2 fully saturated rings. The summed E-state index contributed by atoms with van der Waals surface area (Å²) in [5.41, 5.74) is 3.16. The van der Waals surface area contributed by atoms with Gasteiger partial charge in [0, 0.05) is 18.3 Å². The number of carboxylic acid groups (broad SMARTS) is 1. The summed E-state index contributed by atoms with van der Waals surface area (Å²) in [5.74, 6) is -3.99. The van der Waals surface area contributed by atoms with E-state index in [4.69, 9.17) is 10.6 Å². The molecule has 6 N–H and O–H groups in total. The number of carboxylic acids is 1. The van der Waals surface area contributed by atoms with Crippen LogP contribution in [0.1, 0.15) is 32.4 Å². The molecule has 20 heteroatoms. The number of nitrogens with one attached hydrogen (secondary N) is 3. The van der Waals surface area contributed by atoms with Crippen molar-refractivity contribution >= 4 is 68.1 Å². The van der Waals surface area contributed by atoms with Crippen molar-refractivity contribution in [2.45, 2.75) is 38.3 Å². The number of thiazole rings is 1. The van der Waals surface area contributed by atoms with Gasteiger partial charge in [-0.1, -0.05) is 5.16 Å². The molecule has 0 aliphatic carbocycles. The Labute approximate surface area is 218 Å². The van der Waals surface area contributed by atoms with E-state index in [1.807, 2.05) is 0 Å². The number of nitrogens with two attached hydrogens (primary N) is 1. The molecule has 18 nitrogen and oxygen atoms in total. The van der Waals surface area contributed by atoms with E-state index in [0.29, 0.717) is 16.2 Å². The largest absolute Gasteiger partial charge is 0.478 e.